The predicted molar refractivity (Wildman–Crippen MR) is 87.5 cm³/mol. The third-order valence-electron chi connectivity index (χ3n) is 3.31. The summed E-state index contributed by atoms with van der Waals surface area (Å²) in [4.78, 5) is 25.7. The standard InChI is InChI=1S/C17H19NO3S/c1-11(9-14-8-7-12(2)22-14)18-16(19)10-13-5-3-4-6-15(13)17(20)21/h3-8,11H,9-10H2,1-2H3,(H,18,19)(H,20,21). The highest BCUT2D eigenvalue weighted by Gasteiger charge is 2.14. The van der Waals surface area contributed by atoms with Crippen LogP contribution in [0.2, 0.25) is 0 Å². The second-order valence-corrected chi connectivity index (χ2v) is 6.70. The summed E-state index contributed by atoms with van der Waals surface area (Å²) in [5, 5.41) is 12.1. The maximum Gasteiger partial charge on any atom is 0.335 e. The Morgan fingerprint density at radius 1 is 1.23 bits per heavy atom. The van der Waals surface area contributed by atoms with Gasteiger partial charge in [-0.05, 0) is 37.6 Å². The van der Waals surface area contributed by atoms with Crippen molar-refractivity contribution >= 4 is 23.2 Å². The van der Waals surface area contributed by atoms with Crippen molar-refractivity contribution in [3.63, 3.8) is 0 Å². The van der Waals surface area contributed by atoms with Gasteiger partial charge in [0.2, 0.25) is 5.91 Å². The van der Waals surface area contributed by atoms with E-state index < -0.39 is 5.97 Å². The molecule has 1 amide bonds. The minimum Gasteiger partial charge on any atom is -0.478 e. The van der Waals surface area contributed by atoms with E-state index in [1.165, 1.54) is 15.8 Å². The summed E-state index contributed by atoms with van der Waals surface area (Å²) in [6.45, 7) is 4.01. The molecule has 2 rings (SSSR count). The van der Waals surface area contributed by atoms with Crippen molar-refractivity contribution < 1.29 is 14.7 Å². The van der Waals surface area contributed by atoms with Gasteiger partial charge in [-0.2, -0.15) is 0 Å². The molecule has 0 aliphatic rings. The molecule has 0 aliphatic carbocycles. The van der Waals surface area contributed by atoms with Crippen LogP contribution in [0.3, 0.4) is 0 Å². The molecule has 2 N–H and O–H groups in total. The molecule has 1 aromatic carbocycles. The lowest BCUT2D eigenvalue weighted by Crippen LogP contribution is -2.35. The molecule has 5 heteroatoms. The normalized spacial score (nSPS) is 11.9. The van der Waals surface area contributed by atoms with Gasteiger partial charge in [-0.25, -0.2) is 4.79 Å². The van der Waals surface area contributed by atoms with Gasteiger partial charge in [0.15, 0.2) is 0 Å². The number of amides is 1. The van der Waals surface area contributed by atoms with Crippen molar-refractivity contribution in [3.8, 4) is 0 Å². The van der Waals surface area contributed by atoms with E-state index in [4.69, 9.17) is 5.11 Å². The monoisotopic (exact) mass is 317 g/mol. The molecular formula is C17H19NO3S. The highest BCUT2D eigenvalue weighted by atomic mass is 32.1. The predicted octanol–water partition coefficient (Wildman–Crippen LogP) is 3.04. The number of carboxylic acids is 1. The number of rotatable bonds is 6. The number of hydrogen-bond donors (Lipinski definition) is 2. The van der Waals surface area contributed by atoms with Gasteiger partial charge >= 0.3 is 5.97 Å². The first-order chi connectivity index (χ1) is 10.5. The minimum atomic E-state index is -1.01. The van der Waals surface area contributed by atoms with Crippen LogP contribution < -0.4 is 5.32 Å². The van der Waals surface area contributed by atoms with E-state index in [1.54, 1.807) is 29.5 Å². The lowest BCUT2D eigenvalue weighted by atomic mass is 10.0. The number of carboxylic acid groups (broad SMARTS) is 1. The van der Waals surface area contributed by atoms with Crippen molar-refractivity contribution in [1.82, 2.24) is 5.32 Å². The lowest BCUT2D eigenvalue weighted by Gasteiger charge is -2.13. The zero-order valence-electron chi connectivity index (χ0n) is 12.6. The Morgan fingerprint density at radius 3 is 2.59 bits per heavy atom. The van der Waals surface area contributed by atoms with E-state index in [1.807, 2.05) is 6.92 Å². The zero-order valence-corrected chi connectivity index (χ0v) is 13.4. The highest BCUT2D eigenvalue weighted by molar-refractivity contribution is 7.11. The summed E-state index contributed by atoms with van der Waals surface area (Å²) in [5.74, 6) is -1.17. The number of hydrogen-bond acceptors (Lipinski definition) is 3. The molecule has 0 spiro atoms. The maximum atomic E-state index is 12.1. The minimum absolute atomic E-state index is 0.0162. The fourth-order valence-electron chi connectivity index (χ4n) is 2.33. The van der Waals surface area contributed by atoms with Crippen LogP contribution in [-0.4, -0.2) is 23.0 Å². The van der Waals surface area contributed by atoms with E-state index in [2.05, 4.69) is 24.4 Å². The van der Waals surface area contributed by atoms with Crippen LogP contribution in [0.25, 0.3) is 0 Å². The van der Waals surface area contributed by atoms with E-state index >= 15 is 0 Å². The van der Waals surface area contributed by atoms with Crippen LogP contribution in [0.4, 0.5) is 0 Å². The van der Waals surface area contributed by atoms with Crippen molar-refractivity contribution in [2.75, 3.05) is 0 Å². The third kappa shape index (κ3) is 4.43. The molecule has 4 nitrogen and oxygen atoms in total. The summed E-state index contributed by atoms with van der Waals surface area (Å²) in [5.41, 5.74) is 0.714. The Bertz CT molecular complexity index is 678. The van der Waals surface area contributed by atoms with Gasteiger partial charge in [0, 0.05) is 22.2 Å². The summed E-state index contributed by atoms with van der Waals surface area (Å²) >= 11 is 1.72. The SMILES string of the molecule is Cc1ccc(CC(C)NC(=O)Cc2ccccc2C(=O)O)s1. The van der Waals surface area contributed by atoms with E-state index in [0.29, 0.717) is 5.56 Å². The Labute approximate surface area is 133 Å². The molecule has 1 heterocycles. The largest absolute Gasteiger partial charge is 0.478 e. The van der Waals surface area contributed by atoms with Gasteiger partial charge in [0.1, 0.15) is 0 Å². The van der Waals surface area contributed by atoms with Crippen LogP contribution >= 0.6 is 11.3 Å². The number of benzene rings is 1. The Balaban J connectivity index is 1.94. The van der Waals surface area contributed by atoms with Gasteiger partial charge in [-0.3, -0.25) is 4.79 Å². The quantitative estimate of drug-likeness (QED) is 0.860. The average Bonchev–Trinajstić information content (AvgIpc) is 2.83. The number of carbonyl (C=O) groups is 2. The molecule has 0 bridgehead atoms. The Kier molecular flexibility index (Phi) is 5.33. The smallest absolute Gasteiger partial charge is 0.335 e. The summed E-state index contributed by atoms with van der Waals surface area (Å²) < 4.78 is 0. The molecule has 0 fully saturated rings. The molecule has 0 saturated carbocycles. The number of aromatic carboxylic acids is 1. The van der Waals surface area contributed by atoms with E-state index in [0.717, 1.165) is 6.42 Å². The van der Waals surface area contributed by atoms with Gasteiger partial charge < -0.3 is 10.4 Å². The van der Waals surface area contributed by atoms with Crippen LogP contribution in [0.5, 0.6) is 0 Å². The van der Waals surface area contributed by atoms with Crippen LogP contribution in [0, 0.1) is 6.92 Å². The maximum absolute atomic E-state index is 12.1. The first-order valence-corrected chi connectivity index (χ1v) is 7.93. The molecule has 116 valence electrons. The molecule has 1 aromatic heterocycles. The van der Waals surface area contributed by atoms with Crippen LogP contribution in [-0.2, 0) is 17.6 Å². The van der Waals surface area contributed by atoms with Gasteiger partial charge in [0.05, 0.1) is 12.0 Å². The van der Waals surface area contributed by atoms with Crippen molar-refractivity contribution in [2.45, 2.75) is 32.7 Å². The number of carbonyl (C=O) groups excluding carboxylic acids is 1. The van der Waals surface area contributed by atoms with Gasteiger partial charge in [-0.1, -0.05) is 18.2 Å². The number of thiophene rings is 1. The summed E-state index contributed by atoms with van der Waals surface area (Å²) in [6, 6.07) is 10.8. The van der Waals surface area contributed by atoms with Crippen LogP contribution in [0.1, 0.15) is 32.6 Å². The molecule has 1 atom stereocenters. The van der Waals surface area contributed by atoms with Crippen molar-refractivity contribution in [3.05, 3.63) is 57.3 Å². The molecule has 22 heavy (non-hydrogen) atoms. The molecule has 0 radical (unpaired) electrons. The van der Waals surface area contributed by atoms with E-state index in [9.17, 15) is 9.59 Å². The van der Waals surface area contributed by atoms with Gasteiger partial charge in [0.25, 0.3) is 0 Å². The average molecular weight is 317 g/mol. The highest BCUT2D eigenvalue weighted by Crippen LogP contribution is 2.17. The molecule has 2 aromatic rings. The first-order valence-electron chi connectivity index (χ1n) is 7.11. The Morgan fingerprint density at radius 2 is 1.95 bits per heavy atom. The number of aryl methyl sites for hydroxylation is 1. The fourth-order valence-corrected chi connectivity index (χ4v) is 3.35. The Hall–Kier alpha value is -2.14. The van der Waals surface area contributed by atoms with Crippen molar-refractivity contribution in [1.29, 1.82) is 0 Å². The summed E-state index contributed by atoms with van der Waals surface area (Å²) in [6.07, 6.45) is 0.862. The second kappa shape index (κ2) is 7.22. The van der Waals surface area contributed by atoms with Gasteiger partial charge in [-0.15, -0.1) is 11.3 Å². The molecular weight excluding hydrogens is 298 g/mol. The summed E-state index contributed by atoms with van der Waals surface area (Å²) in [7, 11) is 0. The zero-order chi connectivity index (χ0) is 16.1. The van der Waals surface area contributed by atoms with E-state index in [-0.39, 0.29) is 23.9 Å². The topological polar surface area (TPSA) is 66.4 Å². The number of nitrogens with one attached hydrogen (secondary N) is 1. The molecule has 1 unspecified atom stereocenters. The lowest BCUT2D eigenvalue weighted by molar-refractivity contribution is -0.121. The fraction of sp³-hybridized carbons (Fsp3) is 0.294. The molecule has 0 aliphatic heterocycles. The second-order valence-electron chi connectivity index (χ2n) is 5.32. The third-order valence-corrected chi connectivity index (χ3v) is 4.33. The first kappa shape index (κ1) is 16.2. The van der Waals surface area contributed by atoms with Crippen LogP contribution in [0.15, 0.2) is 36.4 Å². The molecule has 0 saturated heterocycles. The van der Waals surface area contributed by atoms with Crippen molar-refractivity contribution in [2.24, 2.45) is 0 Å².